The molecule has 7 nitrogen and oxygen atoms in total. The molecule has 1 N–H and O–H groups in total. The average Bonchev–Trinajstić information content (AvgIpc) is 3.29. The van der Waals surface area contributed by atoms with Crippen molar-refractivity contribution in [2.45, 2.75) is 74.8 Å². The summed E-state index contributed by atoms with van der Waals surface area (Å²) in [6.07, 6.45) is 4.59. The predicted octanol–water partition coefficient (Wildman–Crippen LogP) is 4.12. The Morgan fingerprint density at radius 2 is 1.97 bits per heavy atom. The topological polar surface area (TPSA) is 82.6 Å². The lowest BCUT2D eigenvalue weighted by Gasteiger charge is -2.39. The van der Waals surface area contributed by atoms with E-state index in [4.69, 9.17) is 0 Å². The summed E-state index contributed by atoms with van der Waals surface area (Å²) in [4.78, 5) is 19.6. The molecule has 2 fully saturated rings. The number of sulfonamides is 1. The van der Waals surface area contributed by atoms with Crippen LogP contribution in [0, 0.1) is 6.92 Å². The molecular weight excluding hydrogens is 462 g/mol. The van der Waals surface area contributed by atoms with Crippen LogP contribution < -0.4 is 5.32 Å². The van der Waals surface area contributed by atoms with Crippen molar-refractivity contribution >= 4 is 21.7 Å². The largest absolute Gasteiger partial charge is 0.365 e. The van der Waals surface area contributed by atoms with Gasteiger partial charge in [-0.2, -0.15) is 4.31 Å². The molecule has 1 aliphatic heterocycles. The van der Waals surface area contributed by atoms with Crippen molar-refractivity contribution in [1.29, 1.82) is 0 Å². The highest BCUT2D eigenvalue weighted by atomic mass is 32.2. The normalized spacial score (nSPS) is 21.2. The first-order valence-corrected chi connectivity index (χ1v) is 13.2. The minimum atomic E-state index is -4.03. The van der Waals surface area contributed by atoms with Gasteiger partial charge in [-0.3, -0.25) is 4.79 Å². The van der Waals surface area contributed by atoms with Gasteiger partial charge in [0.15, 0.2) is 0 Å². The molecule has 2 aliphatic rings. The summed E-state index contributed by atoms with van der Waals surface area (Å²) in [5.41, 5.74) is 0.657. The molecule has 1 atom stereocenters. The summed E-state index contributed by atoms with van der Waals surface area (Å²) < 4.78 is 56.1. The number of hydrogen-bond acceptors (Lipinski definition) is 5. The number of rotatable bonds is 10. The van der Waals surface area contributed by atoms with Gasteiger partial charge in [0, 0.05) is 44.2 Å². The van der Waals surface area contributed by atoms with Crippen LogP contribution in [0.3, 0.4) is 0 Å². The number of hydrogen-bond donors (Lipinski definition) is 1. The Bertz CT molecular complexity index is 1010. The van der Waals surface area contributed by atoms with E-state index < -0.39 is 22.0 Å². The summed E-state index contributed by atoms with van der Waals surface area (Å²) >= 11 is 0. The molecule has 0 spiro atoms. The molecule has 188 valence electrons. The number of aryl methyl sites for hydroxylation is 1. The third kappa shape index (κ3) is 5.83. The molecule has 0 bridgehead atoms. The van der Waals surface area contributed by atoms with Crippen molar-refractivity contribution < 1.29 is 22.0 Å². The van der Waals surface area contributed by atoms with E-state index >= 15 is 0 Å². The lowest BCUT2D eigenvalue weighted by atomic mass is 9.90. The Morgan fingerprint density at radius 1 is 1.26 bits per heavy atom. The first kappa shape index (κ1) is 26.3. The maximum absolute atomic E-state index is 13.7. The molecule has 0 aromatic carbocycles. The van der Waals surface area contributed by atoms with Crippen LogP contribution in [-0.4, -0.2) is 66.2 Å². The van der Waals surface area contributed by atoms with Gasteiger partial charge in [0.1, 0.15) is 16.8 Å². The number of anilines is 1. The molecule has 10 heteroatoms. The van der Waals surface area contributed by atoms with Crippen LogP contribution in [0.2, 0.25) is 0 Å². The summed E-state index contributed by atoms with van der Waals surface area (Å²) in [6, 6.07) is 1.92. The van der Waals surface area contributed by atoms with Gasteiger partial charge in [-0.15, -0.1) is 13.2 Å². The lowest BCUT2D eigenvalue weighted by molar-refractivity contribution is -0.140. The van der Waals surface area contributed by atoms with Crippen molar-refractivity contribution in [1.82, 2.24) is 14.2 Å². The van der Waals surface area contributed by atoms with Gasteiger partial charge in [0.25, 0.3) is 0 Å². The highest BCUT2D eigenvalue weighted by Gasteiger charge is 2.45. The third-order valence-electron chi connectivity index (χ3n) is 6.47. The fourth-order valence-corrected chi connectivity index (χ4v) is 6.43. The Labute approximate surface area is 201 Å². The van der Waals surface area contributed by atoms with Crippen LogP contribution in [-0.2, 0) is 14.8 Å². The number of nitrogens with one attached hydrogen (secondary N) is 1. The minimum absolute atomic E-state index is 0.00889. The van der Waals surface area contributed by atoms with Gasteiger partial charge in [-0.25, -0.2) is 22.2 Å². The average molecular weight is 497 g/mol. The van der Waals surface area contributed by atoms with Crippen molar-refractivity contribution in [3.8, 4) is 0 Å². The maximum atomic E-state index is 13.7. The zero-order chi connectivity index (χ0) is 24.9. The number of pyridine rings is 1. The van der Waals surface area contributed by atoms with Gasteiger partial charge in [-0.1, -0.05) is 12.2 Å². The van der Waals surface area contributed by atoms with Crippen molar-refractivity contribution in [3.05, 3.63) is 43.1 Å². The Hall–Kier alpha value is -2.33. The van der Waals surface area contributed by atoms with Crippen LogP contribution in [0.1, 0.15) is 50.6 Å². The van der Waals surface area contributed by atoms with Crippen molar-refractivity contribution in [3.63, 3.8) is 0 Å². The monoisotopic (exact) mass is 496 g/mol. The Morgan fingerprint density at radius 3 is 2.62 bits per heavy atom. The molecule has 1 amide bonds. The van der Waals surface area contributed by atoms with E-state index in [9.17, 15) is 22.0 Å². The number of halogens is 2. The van der Waals surface area contributed by atoms with Crippen molar-refractivity contribution in [2.24, 2.45) is 0 Å². The fourth-order valence-electron chi connectivity index (χ4n) is 4.68. The lowest BCUT2D eigenvalue weighted by Crippen LogP contribution is -2.52. The summed E-state index contributed by atoms with van der Waals surface area (Å²) in [5, 5.41) is 2.98. The van der Waals surface area contributed by atoms with Gasteiger partial charge < -0.3 is 10.2 Å². The molecule has 0 radical (unpaired) electrons. The standard InChI is InChI=1S/C24H34F2N4O3S/c1-4-6-16-29(19-11-13-24(25,26)14-12-19)23(31)20-8-7-17-30(20)34(32,33)21-10-9-18(3)28-22(21)27-15-5-2/h4-5,9-10,19-20H,1-2,6-8,11-17H2,3H3,(H,27,28)/t20-/m0/s1. The van der Waals surface area contributed by atoms with Gasteiger partial charge in [0.2, 0.25) is 21.9 Å². The number of alkyl halides is 2. The number of aromatic nitrogens is 1. The second-order valence-electron chi connectivity index (χ2n) is 8.94. The first-order chi connectivity index (χ1) is 16.1. The van der Waals surface area contributed by atoms with Gasteiger partial charge in [0.05, 0.1) is 0 Å². The molecule has 1 aromatic heterocycles. The number of carbonyl (C=O) groups excluding carboxylic acids is 1. The van der Waals surface area contributed by atoms with E-state index in [-0.39, 0.29) is 54.9 Å². The molecule has 1 saturated carbocycles. The zero-order valence-corrected chi connectivity index (χ0v) is 20.5. The van der Waals surface area contributed by atoms with Crippen LogP contribution in [0.25, 0.3) is 0 Å². The number of carbonyl (C=O) groups is 1. The van der Waals surface area contributed by atoms with Crippen LogP contribution >= 0.6 is 0 Å². The predicted molar refractivity (Wildman–Crippen MR) is 128 cm³/mol. The molecule has 3 rings (SSSR count). The fraction of sp³-hybridized carbons (Fsp3) is 0.583. The molecule has 1 saturated heterocycles. The molecule has 0 unspecified atom stereocenters. The Kier molecular flexibility index (Phi) is 8.46. The summed E-state index contributed by atoms with van der Waals surface area (Å²) in [6.45, 7) is 10.0. The SMILES string of the molecule is C=CCCN(C(=O)[C@@H]1CCCN1S(=O)(=O)c1ccc(C)nc1NCC=C)C1CCC(F)(F)CC1. The van der Waals surface area contributed by atoms with Gasteiger partial charge in [-0.05, 0) is 51.2 Å². The number of nitrogens with zero attached hydrogens (tertiary/aromatic N) is 3. The third-order valence-corrected chi connectivity index (χ3v) is 8.41. The van der Waals surface area contributed by atoms with E-state index in [1.165, 1.54) is 10.4 Å². The summed E-state index contributed by atoms with van der Waals surface area (Å²) in [5.74, 6) is -2.81. The van der Waals surface area contributed by atoms with Crippen LogP contribution in [0.15, 0.2) is 42.3 Å². The maximum Gasteiger partial charge on any atom is 0.248 e. The number of amides is 1. The van der Waals surface area contributed by atoms with E-state index in [1.54, 1.807) is 30.0 Å². The minimum Gasteiger partial charge on any atom is -0.365 e. The quantitative estimate of drug-likeness (QED) is 0.493. The van der Waals surface area contributed by atoms with E-state index in [1.807, 2.05) is 0 Å². The van der Waals surface area contributed by atoms with Crippen molar-refractivity contribution in [2.75, 3.05) is 25.0 Å². The first-order valence-electron chi connectivity index (χ1n) is 11.7. The zero-order valence-electron chi connectivity index (χ0n) is 19.7. The smallest absolute Gasteiger partial charge is 0.248 e. The molecule has 34 heavy (non-hydrogen) atoms. The summed E-state index contributed by atoms with van der Waals surface area (Å²) in [7, 11) is -4.03. The highest BCUT2D eigenvalue weighted by molar-refractivity contribution is 7.89. The molecule has 2 heterocycles. The van der Waals surface area contributed by atoms with Crippen LogP contribution in [0.5, 0.6) is 0 Å². The molecule has 1 aromatic rings. The molecular formula is C24H34F2N4O3S. The second-order valence-corrected chi connectivity index (χ2v) is 10.8. The van der Waals surface area contributed by atoms with E-state index in [2.05, 4.69) is 23.5 Å². The highest BCUT2D eigenvalue weighted by Crippen LogP contribution is 2.37. The van der Waals surface area contributed by atoms with Crippen LogP contribution in [0.4, 0.5) is 14.6 Å². The van der Waals surface area contributed by atoms with E-state index in [0.29, 0.717) is 38.0 Å². The second kappa shape index (κ2) is 10.9. The molecule has 1 aliphatic carbocycles. The Balaban J connectivity index is 1.88. The van der Waals surface area contributed by atoms with Gasteiger partial charge >= 0.3 is 0 Å². The van der Waals surface area contributed by atoms with E-state index in [0.717, 1.165) is 0 Å².